The minimum Gasteiger partial charge on any atom is -0.276 e. The molecule has 0 aromatic carbocycles. The van der Waals surface area contributed by atoms with Crippen LogP contribution < -0.4 is 15.8 Å². The number of hydrazine groups is 1. The number of hydrogen-bond acceptors (Lipinski definition) is 7. The number of anilines is 1. The number of thiophene rings is 1. The van der Waals surface area contributed by atoms with Crippen LogP contribution in [0.1, 0.15) is 54.8 Å². The van der Waals surface area contributed by atoms with Crippen molar-refractivity contribution >= 4 is 29.0 Å². The zero-order valence-electron chi connectivity index (χ0n) is 13.5. The molecule has 2 aliphatic heterocycles. The van der Waals surface area contributed by atoms with Crippen molar-refractivity contribution in [3.05, 3.63) is 16.0 Å². The van der Waals surface area contributed by atoms with Gasteiger partial charge < -0.3 is 0 Å². The summed E-state index contributed by atoms with van der Waals surface area (Å²) in [5.41, 5.74) is 6.51. The van der Waals surface area contributed by atoms with E-state index in [0.717, 1.165) is 11.1 Å². The molecule has 1 fully saturated rings. The number of aryl methyl sites for hydroxylation is 1. The first-order valence-electron chi connectivity index (χ1n) is 8.15. The lowest BCUT2D eigenvalue weighted by atomic mass is 9.85. The lowest BCUT2D eigenvalue weighted by Gasteiger charge is -2.32. The molecular weight excluding hydrogens is 328 g/mol. The molecule has 2 aromatic rings. The van der Waals surface area contributed by atoms with Crippen LogP contribution in [0.3, 0.4) is 0 Å². The second-order valence-corrected chi connectivity index (χ2v) is 8.42. The Bertz CT molecular complexity index is 781. The van der Waals surface area contributed by atoms with E-state index in [-0.39, 0.29) is 12.3 Å². The molecule has 0 amide bonds. The van der Waals surface area contributed by atoms with Crippen molar-refractivity contribution in [2.45, 2.75) is 56.5 Å². The van der Waals surface area contributed by atoms with E-state index in [4.69, 9.17) is 0 Å². The summed E-state index contributed by atoms with van der Waals surface area (Å²) in [6, 6.07) is 0. The third-order valence-corrected chi connectivity index (χ3v) is 6.96. The number of hydrogen-bond donors (Lipinski definition) is 2. The molecule has 2 aromatic heterocycles. The highest BCUT2D eigenvalue weighted by atomic mass is 32.2. The highest BCUT2D eigenvalue weighted by molar-refractivity contribution is 7.98. The number of rotatable bonds is 1. The SMILES string of the molecule is CSc1nnc2n1-c1sc3c(c1C1NC(C)NN21)[C@H](C)CCC3. The van der Waals surface area contributed by atoms with Crippen molar-refractivity contribution in [2.75, 3.05) is 11.3 Å². The Morgan fingerprint density at radius 2 is 2.13 bits per heavy atom. The van der Waals surface area contributed by atoms with Gasteiger partial charge in [0, 0.05) is 10.4 Å². The molecule has 2 N–H and O–H groups in total. The maximum Gasteiger partial charge on any atom is 0.249 e. The highest BCUT2D eigenvalue weighted by Crippen LogP contribution is 2.50. The molecule has 2 unspecified atom stereocenters. The number of aromatic nitrogens is 3. The average molecular weight is 349 g/mol. The Kier molecular flexibility index (Phi) is 3.07. The first kappa shape index (κ1) is 14.3. The molecule has 1 saturated heterocycles. The van der Waals surface area contributed by atoms with Crippen LogP contribution >= 0.6 is 23.1 Å². The normalized spacial score (nSPS) is 28.3. The third-order valence-electron chi connectivity index (χ3n) is 5.06. The second kappa shape index (κ2) is 4.95. The van der Waals surface area contributed by atoms with Crippen LogP contribution in [-0.4, -0.2) is 27.2 Å². The molecule has 1 aliphatic carbocycles. The van der Waals surface area contributed by atoms with Crippen molar-refractivity contribution in [2.24, 2.45) is 0 Å². The van der Waals surface area contributed by atoms with Crippen LogP contribution in [0.5, 0.6) is 0 Å². The van der Waals surface area contributed by atoms with Crippen LogP contribution in [0.2, 0.25) is 0 Å². The van der Waals surface area contributed by atoms with Crippen molar-refractivity contribution in [3.8, 4) is 5.00 Å². The molecule has 0 radical (unpaired) electrons. The molecule has 4 heterocycles. The Morgan fingerprint density at radius 1 is 1.26 bits per heavy atom. The first-order valence-corrected chi connectivity index (χ1v) is 10.2. The highest BCUT2D eigenvalue weighted by Gasteiger charge is 2.44. The molecule has 122 valence electrons. The van der Waals surface area contributed by atoms with E-state index >= 15 is 0 Å². The van der Waals surface area contributed by atoms with Crippen LogP contribution in [-0.2, 0) is 6.42 Å². The average Bonchev–Trinajstić information content (AvgIpc) is 3.19. The van der Waals surface area contributed by atoms with E-state index in [1.807, 2.05) is 11.3 Å². The zero-order chi connectivity index (χ0) is 15.7. The van der Waals surface area contributed by atoms with Crippen molar-refractivity contribution < 1.29 is 0 Å². The Balaban J connectivity index is 1.80. The van der Waals surface area contributed by atoms with Gasteiger partial charge in [-0.3, -0.25) is 10.3 Å². The number of fused-ring (bicyclic) bond motifs is 8. The lowest BCUT2D eigenvalue weighted by Crippen LogP contribution is -2.40. The summed E-state index contributed by atoms with van der Waals surface area (Å²) in [5.74, 6) is 1.53. The van der Waals surface area contributed by atoms with E-state index < -0.39 is 0 Å². The van der Waals surface area contributed by atoms with Gasteiger partial charge in [0.25, 0.3) is 0 Å². The fourth-order valence-corrected chi connectivity index (χ4v) is 6.13. The number of nitrogens with zero attached hydrogens (tertiary/aromatic N) is 4. The number of thioether (sulfide) groups is 1. The van der Waals surface area contributed by atoms with E-state index in [1.165, 1.54) is 29.8 Å². The fourth-order valence-electron chi connectivity index (χ4n) is 4.11. The molecule has 3 atom stereocenters. The molecule has 23 heavy (non-hydrogen) atoms. The smallest absolute Gasteiger partial charge is 0.249 e. The van der Waals surface area contributed by atoms with Crippen molar-refractivity contribution in [1.29, 1.82) is 0 Å². The summed E-state index contributed by atoms with van der Waals surface area (Å²) in [6.07, 6.45) is 6.25. The van der Waals surface area contributed by atoms with Gasteiger partial charge in [-0.25, -0.2) is 9.99 Å². The minimum atomic E-state index is 0.159. The molecular formula is C15H20N6S2. The van der Waals surface area contributed by atoms with Crippen LogP contribution in [0.15, 0.2) is 5.16 Å². The topological polar surface area (TPSA) is 58.0 Å². The van der Waals surface area contributed by atoms with Crippen LogP contribution in [0, 0.1) is 0 Å². The van der Waals surface area contributed by atoms with Gasteiger partial charge in [0.1, 0.15) is 11.2 Å². The zero-order valence-corrected chi connectivity index (χ0v) is 15.1. The predicted molar refractivity (Wildman–Crippen MR) is 93.3 cm³/mol. The summed E-state index contributed by atoms with van der Waals surface area (Å²) >= 11 is 3.60. The first-order chi connectivity index (χ1) is 11.2. The molecule has 3 aliphatic rings. The van der Waals surface area contributed by atoms with Gasteiger partial charge >= 0.3 is 0 Å². The van der Waals surface area contributed by atoms with Crippen LogP contribution in [0.25, 0.3) is 5.00 Å². The Morgan fingerprint density at radius 3 is 2.96 bits per heavy atom. The standard InChI is InChI=1S/C15H20N6S2/c1-7-5-4-6-9-10(7)11-12-16-8(2)19-21(12)14-17-18-15(22-3)20(14)13(11)23-9/h7-8,12,16,19H,4-6H2,1-3H3/t7-,8?,12?/m1/s1. The summed E-state index contributed by atoms with van der Waals surface area (Å²) in [4.78, 5) is 1.56. The molecule has 5 rings (SSSR count). The monoisotopic (exact) mass is 348 g/mol. The maximum absolute atomic E-state index is 4.45. The largest absolute Gasteiger partial charge is 0.276 e. The van der Waals surface area contributed by atoms with Crippen LogP contribution in [0.4, 0.5) is 5.95 Å². The predicted octanol–water partition coefficient (Wildman–Crippen LogP) is 2.76. The van der Waals surface area contributed by atoms with Gasteiger partial charge in [0.2, 0.25) is 5.95 Å². The third kappa shape index (κ3) is 1.83. The van der Waals surface area contributed by atoms with E-state index in [0.29, 0.717) is 5.92 Å². The van der Waals surface area contributed by atoms with E-state index in [9.17, 15) is 0 Å². The molecule has 6 nitrogen and oxygen atoms in total. The fraction of sp³-hybridized carbons (Fsp3) is 0.600. The van der Waals surface area contributed by atoms with Crippen molar-refractivity contribution in [3.63, 3.8) is 0 Å². The lowest BCUT2D eigenvalue weighted by molar-refractivity contribution is 0.541. The molecule has 0 bridgehead atoms. The van der Waals surface area contributed by atoms with Gasteiger partial charge in [0.05, 0.1) is 6.17 Å². The summed E-state index contributed by atoms with van der Waals surface area (Å²) < 4.78 is 2.24. The Hall–Kier alpha value is -1.09. The second-order valence-electron chi connectivity index (χ2n) is 6.56. The van der Waals surface area contributed by atoms with E-state index in [1.54, 1.807) is 22.2 Å². The number of nitrogens with one attached hydrogen (secondary N) is 2. The molecule has 0 saturated carbocycles. The maximum atomic E-state index is 4.45. The molecule has 0 spiro atoms. The minimum absolute atomic E-state index is 0.159. The van der Waals surface area contributed by atoms with E-state index in [2.05, 4.69) is 50.6 Å². The van der Waals surface area contributed by atoms with Gasteiger partial charge in [-0.15, -0.1) is 21.5 Å². The van der Waals surface area contributed by atoms with Gasteiger partial charge in [0.15, 0.2) is 5.16 Å². The van der Waals surface area contributed by atoms with Gasteiger partial charge in [-0.1, -0.05) is 18.7 Å². The Labute approximate surface area is 143 Å². The quantitative estimate of drug-likeness (QED) is 0.773. The summed E-state index contributed by atoms with van der Waals surface area (Å²) in [7, 11) is 0. The molecule has 8 heteroatoms. The van der Waals surface area contributed by atoms with Gasteiger partial charge in [-0.05, 0) is 43.9 Å². The van der Waals surface area contributed by atoms with Gasteiger partial charge in [-0.2, -0.15) is 0 Å². The summed E-state index contributed by atoms with van der Waals surface area (Å²) in [5, 5.41) is 17.0. The summed E-state index contributed by atoms with van der Waals surface area (Å²) in [6.45, 7) is 4.52. The van der Waals surface area contributed by atoms with Crippen molar-refractivity contribution in [1.82, 2.24) is 25.5 Å².